The highest BCUT2D eigenvalue weighted by Crippen LogP contribution is 2.26. The third kappa shape index (κ3) is 1.69. The molecule has 0 aromatic carbocycles. The Morgan fingerprint density at radius 3 is 3.15 bits per heavy atom. The number of hydrazine groups is 1. The second-order valence-corrected chi connectivity index (χ2v) is 3.97. The largest absolute Gasteiger partial charge is 0.291 e. The van der Waals surface area contributed by atoms with E-state index in [1.54, 1.807) is 0 Å². The standard InChI is InChI=1S/C9H12BrN3/c1-7-3-5-11-9(8(7)10)13-6-2-4-12-13/h3,5,12H,2,4,6H2,1H3. The highest BCUT2D eigenvalue weighted by molar-refractivity contribution is 9.10. The summed E-state index contributed by atoms with van der Waals surface area (Å²) < 4.78 is 1.09. The Morgan fingerprint density at radius 2 is 2.46 bits per heavy atom. The molecule has 0 atom stereocenters. The first-order chi connectivity index (χ1) is 6.29. The van der Waals surface area contributed by atoms with Crippen LogP contribution in [0.1, 0.15) is 12.0 Å². The molecule has 2 rings (SSSR count). The van der Waals surface area contributed by atoms with Gasteiger partial charge >= 0.3 is 0 Å². The molecule has 1 aliphatic rings. The van der Waals surface area contributed by atoms with Crippen molar-refractivity contribution in [2.45, 2.75) is 13.3 Å². The van der Waals surface area contributed by atoms with Gasteiger partial charge in [0.1, 0.15) is 0 Å². The Bertz CT molecular complexity index is 308. The van der Waals surface area contributed by atoms with E-state index in [0.717, 1.165) is 23.4 Å². The average Bonchev–Trinajstić information content (AvgIpc) is 2.62. The minimum atomic E-state index is 0.998. The molecule has 1 fully saturated rings. The summed E-state index contributed by atoms with van der Waals surface area (Å²) in [6.07, 6.45) is 3.03. The average molecular weight is 242 g/mol. The van der Waals surface area contributed by atoms with Gasteiger partial charge in [-0.05, 0) is 40.9 Å². The molecule has 1 N–H and O–H groups in total. The highest BCUT2D eigenvalue weighted by atomic mass is 79.9. The number of pyridine rings is 1. The van der Waals surface area contributed by atoms with Gasteiger partial charge in [-0.1, -0.05) is 0 Å². The molecule has 0 aliphatic carbocycles. The summed E-state index contributed by atoms with van der Waals surface area (Å²) in [5, 5.41) is 2.09. The Hall–Kier alpha value is -0.610. The number of nitrogens with one attached hydrogen (secondary N) is 1. The van der Waals surface area contributed by atoms with Crippen LogP contribution >= 0.6 is 15.9 Å². The molecule has 2 heterocycles. The number of aryl methyl sites for hydroxylation is 1. The van der Waals surface area contributed by atoms with Gasteiger partial charge < -0.3 is 0 Å². The van der Waals surface area contributed by atoms with E-state index >= 15 is 0 Å². The van der Waals surface area contributed by atoms with Gasteiger partial charge in [-0.15, -0.1) is 0 Å². The van der Waals surface area contributed by atoms with Gasteiger partial charge in [0, 0.05) is 19.3 Å². The lowest BCUT2D eigenvalue weighted by atomic mass is 10.3. The van der Waals surface area contributed by atoms with E-state index in [2.05, 4.69) is 38.3 Å². The second kappa shape index (κ2) is 3.64. The van der Waals surface area contributed by atoms with Crippen molar-refractivity contribution in [3.8, 4) is 0 Å². The molecule has 0 bridgehead atoms. The van der Waals surface area contributed by atoms with E-state index in [4.69, 9.17) is 0 Å². The van der Waals surface area contributed by atoms with Crippen molar-refractivity contribution >= 4 is 21.7 Å². The fraction of sp³-hybridized carbons (Fsp3) is 0.444. The maximum absolute atomic E-state index is 4.34. The summed E-state index contributed by atoms with van der Waals surface area (Å²) >= 11 is 3.55. The molecule has 70 valence electrons. The van der Waals surface area contributed by atoms with Crippen molar-refractivity contribution in [2.24, 2.45) is 0 Å². The van der Waals surface area contributed by atoms with Gasteiger partial charge in [0.25, 0.3) is 0 Å². The van der Waals surface area contributed by atoms with Gasteiger partial charge in [0.2, 0.25) is 0 Å². The maximum atomic E-state index is 4.34. The van der Waals surface area contributed by atoms with E-state index in [1.165, 1.54) is 12.0 Å². The zero-order valence-electron chi connectivity index (χ0n) is 7.55. The smallest absolute Gasteiger partial charge is 0.157 e. The van der Waals surface area contributed by atoms with Gasteiger partial charge in [0.15, 0.2) is 5.82 Å². The van der Waals surface area contributed by atoms with Crippen LogP contribution in [0.2, 0.25) is 0 Å². The molecule has 4 heteroatoms. The van der Waals surface area contributed by atoms with Crippen molar-refractivity contribution in [2.75, 3.05) is 18.1 Å². The first kappa shape index (κ1) is 8.97. The van der Waals surface area contributed by atoms with Crippen LogP contribution in [0.3, 0.4) is 0 Å². The topological polar surface area (TPSA) is 28.2 Å². The lowest BCUT2D eigenvalue weighted by Crippen LogP contribution is -2.31. The predicted molar refractivity (Wildman–Crippen MR) is 56.6 cm³/mol. The van der Waals surface area contributed by atoms with Crippen LogP contribution in [0.4, 0.5) is 5.82 Å². The van der Waals surface area contributed by atoms with Crippen molar-refractivity contribution in [1.82, 2.24) is 10.4 Å². The lowest BCUT2D eigenvalue weighted by Gasteiger charge is -2.18. The summed E-state index contributed by atoms with van der Waals surface area (Å²) in [7, 11) is 0. The zero-order valence-corrected chi connectivity index (χ0v) is 9.13. The quantitative estimate of drug-likeness (QED) is 0.814. The number of halogens is 1. The van der Waals surface area contributed by atoms with Crippen LogP contribution < -0.4 is 10.4 Å². The Balaban J connectivity index is 2.33. The molecule has 0 radical (unpaired) electrons. The van der Waals surface area contributed by atoms with Gasteiger partial charge in [0.05, 0.1) is 4.47 Å². The summed E-state index contributed by atoms with van der Waals surface area (Å²) in [4.78, 5) is 4.34. The number of anilines is 1. The van der Waals surface area contributed by atoms with Crippen LogP contribution in [-0.2, 0) is 0 Å². The van der Waals surface area contributed by atoms with E-state index in [-0.39, 0.29) is 0 Å². The number of nitrogens with zero attached hydrogens (tertiary/aromatic N) is 2. The van der Waals surface area contributed by atoms with Gasteiger partial charge in [-0.2, -0.15) is 0 Å². The fourth-order valence-electron chi connectivity index (χ4n) is 1.43. The van der Waals surface area contributed by atoms with E-state index in [9.17, 15) is 0 Å². The first-order valence-corrected chi connectivity index (χ1v) is 5.20. The number of rotatable bonds is 1. The molecule has 0 amide bonds. The van der Waals surface area contributed by atoms with Crippen LogP contribution in [-0.4, -0.2) is 18.1 Å². The normalized spacial score (nSPS) is 16.6. The van der Waals surface area contributed by atoms with Crippen LogP contribution in [0.5, 0.6) is 0 Å². The van der Waals surface area contributed by atoms with Crippen molar-refractivity contribution in [1.29, 1.82) is 0 Å². The van der Waals surface area contributed by atoms with Crippen LogP contribution in [0, 0.1) is 6.92 Å². The second-order valence-electron chi connectivity index (χ2n) is 3.18. The molecule has 0 unspecified atom stereocenters. The monoisotopic (exact) mass is 241 g/mol. The van der Waals surface area contributed by atoms with Crippen molar-refractivity contribution in [3.63, 3.8) is 0 Å². The minimum absolute atomic E-state index is 0.998. The summed E-state index contributed by atoms with van der Waals surface area (Å²) in [5.41, 5.74) is 4.50. The minimum Gasteiger partial charge on any atom is -0.291 e. The van der Waals surface area contributed by atoms with Crippen LogP contribution in [0.15, 0.2) is 16.7 Å². The van der Waals surface area contributed by atoms with Gasteiger partial charge in [-0.25, -0.2) is 10.4 Å². The molecule has 1 saturated heterocycles. The lowest BCUT2D eigenvalue weighted by molar-refractivity contribution is 0.770. The Labute approximate surface area is 86.3 Å². The third-order valence-electron chi connectivity index (χ3n) is 2.18. The molecule has 3 nitrogen and oxygen atoms in total. The maximum Gasteiger partial charge on any atom is 0.157 e. The fourth-order valence-corrected chi connectivity index (χ4v) is 1.87. The van der Waals surface area contributed by atoms with Crippen molar-refractivity contribution in [3.05, 3.63) is 22.3 Å². The summed E-state index contributed by atoms with van der Waals surface area (Å²) in [5.74, 6) is 0.998. The van der Waals surface area contributed by atoms with Crippen LogP contribution in [0.25, 0.3) is 0 Å². The molecule has 0 saturated carbocycles. The number of aromatic nitrogens is 1. The van der Waals surface area contributed by atoms with E-state index < -0.39 is 0 Å². The molecular weight excluding hydrogens is 230 g/mol. The summed E-state index contributed by atoms with van der Waals surface area (Å²) in [6.45, 7) is 4.16. The zero-order chi connectivity index (χ0) is 9.26. The predicted octanol–water partition coefficient (Wildman–Crippen LogP) is 1.87. The third-order valence-corrected chi connectivity index (χ3v) is 3.16. The molecular formula is C9H12BrN3. The SMILES string of the molecule is Cc1ccnc(N2CCCN2)c1Br. The molecule has 13 heavy (non-hydrogen) atoms. The molecule has 0 spiro atoms. The Morgan fingerprint density at radius 1 is 1.62 bits per heavy atom. The summed E-state index contributed by atoms with van der Waals surface area (Å²) in [6, 6.07) is 2.00. The number of hydrogen-bond acceptors (Lipinski definition) is 3. The molecule has 1 aromatic rings. The first-order valence-electron chi connectivity index (χ1n) is 4.41. The molecule has 1 aromatic heterocycles. The highest BCUT2D eigenvalue weighted by Gasteiger charge is 2.16. The Kier molecular flexibility index (Phi) is 2.51. The van der Waals surface area contributed by atoms with Crippen molar-refractivity contribution < 1.29 is 0 Å². The van der Waals surface area contributed by atoms with E-state index in [1.807, 2.05) is 12.3 Å². The number of hydrogen-bond donors (Lipinski definition) is 1. The van der Waals surface area contributed by atoms with E-state index in [0.29, 0.717) is 0 Å². The molecule has 1 aliphatic heterocycles. The van der Waals surface area contributed by atoms with Gasteiger partial charge in [-0.3, -0.25) is 5.01 Å².